The van der Waals surface area contributed by atoms with Gasteiger partial charge in [0.25, 0.3) is 0 Å². The van der Waals surface area contributed by atoms with Crippen LogP contribution >= 0.6 is 0 Å². The molecule has 1 fully saturated rings. The zero-order valence-electron chi connectivity index (χ0n) is 6.51. The third-order valence-corrected chi connectivity index (χ3v) is 1.48. The van der Waals surface area contributed by atoms with Gasteiger partial charge < -0.3 is 9.47 Å². The lowest BCUT2D eigenvalue weighted by Crippen LogP contribution is -1.98. The second-order valence-corrected chi connectivity index (χ2v) is 2.60. The summed E-state index contributed by atoms with van der Waals surface area (Å²) in [7, 11) is 0. The number of unbranched alkanes of at least 4 members (excludes halogenated alkanes) is 2. The number of epoxide rings is 1. The van der Waals surface area contributed by atoms with Crippen molar-refractivity contribution >= 4 is 0 Å². The molecular formula is C8H15O2. The Bertz CT molecular complexity index is 79.3. The molecule has 0 aromatic heterocycles. The van der Waals surface area contributed by atoms with Crippen LogP contribution in [0, 0.1) is 6.61 Å². The van der Waals surface area contributed by atoms with Crippen LogP contribution in [0.5, 0.6) is 0 Å². The van der Waals surface area contributed by atoms with E-state index in [1.165, 1.54) is 12.8 Å². The summed E-state index contributed by atoms with van der Waals surface area (Å²) >= 11 is 0. The standard InChI is InChI=1S/C8H15O2/c1-2-3-4-5-9-6-8-7-10-8/h5,8H,2-4,6-7H2,1H3. The average molecular weight is 143 g/mol. The van der Waals surface area contributed by atoms with Crippen LogP contribution in [0.25, 0.3) is 0 Å². The van der Waals surface area contributed by atoms with Crippen molar-refractivity contribution in [2.75, 3.05) is 13.2 Å². The van der Waals surface area contributed by atoms with Gasteiger partial charge in [0, 0.05) is 0 Å². The van der Waals surface area contributed by atoms with Gasteiger partial charge in [-0.3, -0.25) is 0 Å². The Kier molecular flexibility index (Phi) is 3.76. The van der Waals surface area contributed by atoms with E-state index in [4.69, 9.17) is 9.47 Å². The third kappa shape index (κ3) is 3.85. The summed E-state index contributed by atoms with van der Waals surface area (Å²) in [5.41, 5.74) is 0. The van der Waals surface area contributed by atoms with Crippen molar-refractivity contribution in [1.82, 2.24) is 0 Å². The highest BCUT2D eigenvalue weighted by molar-refractivity contribution is 4.68. The summed E-state index contributed by atoms with van der Waals surface area (Å²) in [6.45, 7) is 5.72. The van der Waals surface area contributed by atoms with E-state index in [0.29, 0.717) is 6.10 Å². The molecule has 1 atom stereocenters. The summed E-state index contributed by atoms with van der Waals surface area (Å²) in [4.78, 5) is 0. The minimum atomic E-state index is 0.401. The van der Waals surface area contributed by atoms with Gasteiger partial charge in [-0.05, 0) is 6.42 Å². The van der Waals surface area contributed by atoms with Gasteiger partial charge in [-0.1, -0.05) is 19.8 Å². The molecule has 2 heteroatoms. The van der Waals surface area contributed by atoms with Crippen LogP contribution in [0.15, 0.2) is 0 Å². The molecule has 0 N–H and O–H groups in total. The van der Waals surface area contributed by atoms with Crippen molar-refractivity contribution in [3.05, 3.63) is 6.61 Å². The van der Waals surface area contributed by atoms with Gasteiger partial charge in [0.15, 0.2) is 0 Å². The highest BCUT2D eigenvalue weighted by Gasteiger charge is 2.21. The average Bonchev–Trinajstić information content (AvgIpc) is 2.71. The van der Waals surface area contributed by atoms with Crippen molar-refractivity contribution in [1.29, 1.82) is 0 Å². The van der Waals surface area contributed by atoms with Gasteiger partial charge in [-0.2, -0.15) is 0 Å². The van der Waals surface area contributed by atoms with E-state index in [-0.39, 0.29) is 0 Å². The molecule has 0 aliphatic carbocycles. The van der Waals surface area contributed by atoms with Gasteiger partial charge in [-0.25, -0.2) is 0 Å². The van der Waals surface area contributed by atoms with Crippen molar-refractivity contribution in [2.45, 2.75) is 32.3 Å². The lowest BCUT2D eigenvalue weighted by Gasteiger charge is -1.98. The maximum absolute atomic E-state index is 5.21. The smallest absolute Gasteiger partial charge is 0.104 e. The Morgan fingerprint density at radius 3 is 3.10 bits per heavy atom. The SMILES string of the molecule is CCCC[CH]OCC1CO1. The summed E-state index contributed by atoms with van der Waals surface area (Å²) < 4.78 is 10.2. The predicted octanol–water partition coefficient (Wildman–Crippen LogP) is 1.75. The number of hydrogen-bond acceptors (Lipinski definition) is 2. The topological polar surface area (TPSA) is 21.8 Å². The number of rotatable bonds is 6. The fourth-order valence-electron chi connectivity index (χ4n) is 0.710. The van der Waals surface area contributed by atoms with Gasteiger partial charge in [0.2, 0.25) is 0 Å². The van der Waals surface area contributed by atoms with Gasteiger partial charge in [0.05, 0.1) is 19.8 Å². The molecule has 1 saturated heterocycles. The van der Waals surface area contributed by atoms with E-state index < -0.39 is 0 Å². The quantitative estimate of drug-likeness (QED) is 0.417. The summed E-state index contributed by atoms with van der Waals surface area (Å²) in [6, 6.07) is 0. The van der Waals surface area contributed by atoms with Crippen LogP contribution in [-0.2, 0) is 9.47 Å². The lowest BCUT2D eigenvalue weighted by molar-refractivity contribution is 0.165. The van der Waals surface area contributed by atoms with Crippen LogP contribution in [0.2, 0.25) is 0 Å². The molecule has 1 rings (SSSR count). The molecule has 1 radical (unpaired) electrons. The van der Waals surface area contributed by atoms with E-state index in [1.54, 1.807) is 0 Å². The molecule has 1 unspecified atom stereocenters. The molecule has 0 spiro atoms. The zero-order valence-corrected chi connectivity index (χ0v) is 6.51. The third-order valence-electron chi connectivity index (χ3n) is 1.48. The second-order valence-electron chi connectivity index (χ2n) is 2.60. The minimum Gasteiger partial charge on any atom is -0.373 e. The fourth-order valence-corrected chi connectivity index (χ4v) is 0.710. The van der Waals surface area contributed by atoms with Crippen LogP contribution in [0.1, 0.15) is 26.2 Å². The van der Waals surface area contributed by atoms with Crippen LogP contribution in [-0.4, -0.2) is 19.3 Å². The monoisotopic (exact) mass is 143 g/mol. The molecule has 1 aliphatic heterocycles. The van der Waals surface area contributed by atoms with Crippen molar-refractivity contribution in [3.63, 3.8) is 0 Å². The molecule has 0 aromatic carbocycles. The molecule has 0 saturated carbocycles. The first kappa shape index (κ1) is 8.02. The Balaban J connectivity index is 1.68. The van der Waals surface area contributed by atoms with Gasteiger partial charge >= 0.3 is 0 Å². The first-order valence-corrected chi connectivity index (χ1v) is 3.98. The molecule has 0 aromatic rings. The summed E-state index contributed by atoms with van der Waals surface area (Å²) in [5, 5.41) is 0. The Hall–Kier alpha value is -0.0800. The molecule has 0 amide bonds. The highest BCUT2D eigenvalue weighted by atomic mass is 16.6. The maximum Gasteiger partial charge on any atom is 0.104 e. The molecule has 59 valence electrons. The van der Waals surface area contributed by atoms with Gasteiger partial charge in [0.1, 0.15) is 6.10 Å². The van der Waals surface area contributed by atoms with E-state index in [9.17, 15) is 0 Å². The maximum atomic E-state index is 5.21. The van der Waals surface area contributed by atoms with Crippen molar-refractivity contribution in [2.24, 2.45) is 0 Å². The van der Waals surface area contributed by atoms with Crippen LogP contribution < -0.4 is 0 Å². The largest absolute Gasteiger partial charge is 0.373 e. The molecular weight excluding hydrogens is 128 g/mol. The van der Waals surface area contributed by atoms with E-state index >= 15 is 0 Å². The van der Waals surface area contributed by atoms with Crippen molar-refractivity contribution < 1.29 is 9.47 Å². The fraction of sp³-hybridized carbons (Fsp3) is 0.875. The number of ether oxygens (including phenoxy) is 2. The Morgan fingerprint density at radius 1 is 1.70 bits per heavy atom. The number of hydrogen-bond donors (Lipinski definition) is 0. The molecule has 2 nitrogen and oxygen atoms in total. The second kappa shape index (κ2) is 4.69. The molecule has 1 aliphatic rings. The zero-order chi connectivity index (χ0) is 7.23. The van der Waals surface area contributed by atoms with Gasteiger partial charge in [-0.15, -0.1) is 0 Å². The summed E-state index contributed by atoms with van der Waals surface area (Å²) in [5.74, 6) is 0. The van der Waals surface area contributed by atoms with Crippen LogP contribution in [0.3, 0.4) is 0 Å². The molecule has 0 bridgehead atoms. The lowest BCUT2D eigenvalue weighted by atomic mass is 10.3. The summed E-state index contributed by atoms with van der Waals surface area (Å²) in [6.07, 6.45) is 3.94. The predicted molar refractivity (Wildman–Crippen MR) is 39.5 cm³/mol. The van der Waals surface area contributed by atoms with E-state index in [1.807, 2.05) is 6.61 Å². The molecule has 10 heavy (non-hydrogen) atoms. The van der Waals surface area contributed by atoms with Crippen LogP contribution in [0.4, 0.5) is 0 Å². The highest BCUT2D eigenvalue weighted by Crippen LogP contribution is 2.09. The van der Waals surface area contributed by atoms with Crippen molar-refractivity contribution in [3.8, 4) is 0 Å². The van der Waals surface area contributed by atoms with E-state index in [0.717, 1.165) is 19.6 Å². The first-order chi connectivity index (χ1) is 4.93. The normalized spacial score (nSPS) is 23.1. The Labute approximate surface area is 62.5 Å². The first-order valence-electron chi connectivity index (χ1n) is 3.98. The molecule has 1 heterocycles. The minimum absolute atomic E-state index is 0.401. The van der Waals surface area contributed by atoms with E-state index in [2.05, 4.69) is 6.92 Å². The Morgan fingerprint density at radius 2 is 2.50 bits per heavy atom.